The molecule has 1 fully saturated rings. The van der Waals surface area contributed by atoms with Crippen molar-refractivity contribution in [1.82, 2.24) is 10.3 Å². The van der Waals surface area contributed by atoms with E-state index in [4.69, 9.17) is 11.6 Å². The third kappa shape index (κ3) is 2.22. The first-order valence-electron chi connectivity index (χ1n) is 4.26. The van der Waals surface area contributed by atoms with E-state index in [1.807, 2.05) is 6.07 Å². The van der Waals surface area contributed by atoms with Gasteiger partial charge in [0.1, 0.15) is 5.15 Å². The van der Waals surface area contributed by atoms with Crippen molar-refractivity contribution in [3.8, 4) is 0 Å². The first-order valence-corrected chi connectivity index (χ1v) is 5.43. The Hall–Kier alpha value is -0.120. The fourth-order valence-corrected chi connectivity index (χ4v) is 1.97. The van der Waals surface area contributed by atoms with Crippen LogP contribution in [0.25, 0.3) is 0 Å². The molecule has 0 aliphatic carbocycles. The molecule has 1 aliphatic heterocycles. The lowest BCUT2D eigenvalue weighted by Gasteiger charge is -2.27. The minimum absolute atomic E-state index is 0.634. The van der Waals surface area contributed by atoms with Gasteiger partial charge < -0.3 is 5.32 Å². The van der Waals surface area contributed by atoms with Crippen LogP contribution < -0.4 is 5.32 Å². The molecule has 1 aliphatic rings. The van der Waals surface area contributed by atoms with Crippen molar-refractivity contribution in [2.24, 2.45) is 5.92 Å². The van der Waals surface area contributed by atoms with E-state index >= 15 is 0 Å². The molecule has 1 aromatic rings. The summed E-state index contributed by atoms with van der Waals surface area (Å²) in [5.41, 5.74) is 1.14. The largest absolute Gasteiger partial charge is 0.316 e. The summed E-state index contributed by atoms with van der Waals surface area (Å²) in [5.74, 6) is 0.730. The number of hydrogen-bond acceptors (Lipinski definition) is 2. The van der Waals surface area contributed by atoms with Crippen LogP contribution in [-0.4, -0.2) is 18.1 Å². The number of rotatable bonds is 2. The standard InChI is InChI=1S/C9H10BrClN2/c10-8-2-7(9(11)13-5-8)1-6-3-12-4-6/h2,5-6,12H,1,3-4H2. The zero-order chi connectivity index (χ0) is 9.26. The van der Waals surface area contributed by atoms with Gasteiger partial charge in [0.25, 0.3) is 0 Å². The Bertz CT molecular complexity index is 312. The van der Waals surface area contributed by atoms with Gasteiger partial charge in [-0.2, -0.15) is 0 Å². The molecule has 0 aromatic carbocycles. The number of nitrogens with zero attached hydrogens (tertiary/aromatic N) is 1. The number of pyridine rings is 1. The summed E-state index contributed by atoms with van der Waals surface area (Å²) in [5, 5.41) is 3.87. The van der Waals surface area contributed by atoms with Gasteiger partial charge in [-0.15, -0.1) is 0 Å². The van der Waals surface area contributed by atoms with Crippen LogP contribution in [0.5, 0.6) is 0 Å². The van der Waals surface area contributed by atoms with Crippen LogP contribution in [0.2, 0.25) is 5.15 Å². The van der Waals surface area contributed by atoms with Crippen LogP contribution in [0.4, 0.5) is 0 Å². The van der Waals surface area contributed by atoms with E-state index < -0.39 is 0 Å². The second-order valence-electron chi connectivity index (χ2n) is 3.33. The van der Waals surface area contributed by atoms with Crippen molar-refractivity contribution in [3.63, 3.8) is 0 Å². The SMILES string of the molecule is Clc1ncc(Br)cc1CC1CNC1. The van der Waals surface area contributed by atoms with Crippen LogP contribution in [0.3, 0.4) is 0 Å². The van der Waals surface area contributed by atoms with Crippen LogP contribution in [0.15, 0.2) is 16.7 Å². The van der Waals surface area contributed by atoms with Crippen molar-refractivity contribution >= 4 is 27.5 Å². The van der Waals surface area contributed by atoms with Crippen molar-refractivity contribution in [1.29, 1.82) is 0 Å². The molecule has 1 saturated heterocycles. The molecule has 0 unspecified atom stereocenters. The molecule has 0 atom stereocenters. The molecule has 70 valence electrons. The van der Waals surface area contributed by atoms with Gasteiger partial charge in [0.15, 0.2) is 0 Å². The number of nitrogens with one attached hydrogen (secondary N) is 1. The highest BCUT2D eigenvalue weighted by Crippen LogP contribution is 2.22. The van der Waals surface area contributed by atoms with Crippen LogP contribution in [0, 0.1) is 5.92 Å². The molecule has 2 nitrogen and oxygen atoms in total. The van der Waals surface area contributed by atoms with E-state index in [2.05, 4.69) is 26.2 Å². The monoisotopic (exact) mass is 260 g/mol. The summed E-state index contributed by atoms with van der Waals surface area (Å²) in [7, 11) is 0. The molecule has 0 amide bonds. The van der Waals surface area contributed by atoms with E-state index in [-0.39, 0.29) is 0 Å². The number of halogens is 2. The van der Waals surface area contributed by atoms with Crippen molar-refractivity contribution < 1.29 is 0 Å². The quantitative estimate of drug-likeness (QED) is 0.826. The molecular weight excluding hydrogens is 251 g/mol. The van der Waals surface area contributed by atoms with E-state index in [0.717, 1.165) is 35.5 Å². The lowest BCUT2D eigenvalue weighted by atomic mass is 9.95. The van der Waals surface area contributed by atoms with Gasteiger partial charge >= 0.3 is 0 Å². The Labute approximate surface area is 90.8 Å². The molecule has 0 bridgehead atoms. The zero-order valence-corrected chi connectivity index (χ0v) is 9.40. The lowest BCUT2D eigenvalue weighted by molar-refractivity contribution is 0.346. The average Bonchev–Trinajstić information content (AvgIpc) is 2.03. The van der Waals surface area contributed by atoms with Gasteiger partial charge in [-0.3, -0.25) is 0 Å². The Balaban J connectivity index is 2.13. The van der Waals surface area contributed by atoms with E-state index in [9.17, 15) is 0 Å². The average molecular weight is 262 g/mol. The Morgan fingerprint density at radius 3 is 3.00 bits per heavy atom. The molecule has 13 heavy (non-hydrogen) atoms. The number of hydrogen-bond donors (Lipinski definition) is 1. The summed E-state index contributed by atoms with van der Waals surface area (Å²) in [6.45, 7) is 2.20. The Morgan fingerprint density at radius 1 is 1.62 bits per heavy atom. The summed E-state index contributed by atoms with van der Waals surface area (Å²) in [4.78, 5) is 4.09. The summed E-state index contributed by atoms with van der Waals surface area (Å²) < 4.78 is 0.999. The van der Waals surface area contributed by atoms with Gasteiger partial charge in [-0.25, -0.2) is 4.98 Å². The minimum atomic E-state index is 0.634. The van der Waals surface area contributed by atoms with E-state index in [0.29, 0.717) is 5.15 Å². The van der Waals surface area contributed by atoms with Crippen LogP contribution >= 0.6 is 27.5 Å². The first-order chi connectivity index (χ1) is 6.25. The fraction of sp³-hybridized carbons (Fsp3) is 0.444. The van der Waals surface area contributed by atoms with Crippen LogP contribution in [0.1, 0.15) is 5.56 Å². The van der Waals surface area contributed by atoms with Crippen LogP contribution in [-0.2, 0) is 6.42 Å². The van der Waals surface area contributed by atoms with Gasteiger partial charge in [-0.1, -0.05) is 11.6 Å². The second-order valence-corrected chi connectivity index (χ2v) is 4.61. The first kappa shape index (κ1) is 9.44. The minimum Gasteiger partial charge on any atom is -0.316 e. The number of aromatic nitrogens is 1. The molecule has 0 saturated carbocycles. The Morgan fingerprint density at radius 2 is 2.38 bits per heavy atom. The molecule has 2 heterocycles. The molecule has 1 aromatic heterocycles. The lowest BCUT2D eigenvalue weighted by Crippen LogP contribution is -2.43. The van der Waals surface area contributed by atoms with Gasteiger partial charge in [0.05, 0.1) is 0 Å². The highest BCUT2D eigenvalue weighted by molar-refractivity contribution is 9.10. The highest BCUT2D eigenvalue weighted by atomic mass is 79.9. The summed E-state index contributed by atoms with van der Waals surface area (Å²) in [6, 6.07) is 2.05. The van der Waals surface area contributed by atoms with Gasteiger partial charge in [0, 0.05) is 10.7 Å². The molecule has 0 spiro atoms. The Kier molecular flexibility index (Phi) is 2.86. The highest BCUT2D eigenvalue weighted by Gasteiger charge is 2.18. The van der Waals surface area contributed by atoms with E-state index in [1.54, 1.807) is 6.20 Å². The predicted molar refractivity (Wildman–Crippen MR) is 57.0 cm³/mol. The third-order valence-corrected chi connectivity index (χ3v) is 3.03. The molecule has 2 rings (SSSR count). The topological polar surface area (TPSA) is 24.9 Å². The van der Waals surface area contributed by atoms with Crippen molar-refractivity contribution in [2.75, 3.05) is 13.1 Å². The van der Waals surface area contributed by atoms with Crippen molar-refractivity contribution in [2.45, 2.75) is 6.42 Å². The van der Waals surface area contributed by atoms with E-state index in [1.165, 1.54) is 0 Å². The maximum Gasteiger partial charge on any atom is 0.132 e. The fourth-order valence-electron chi connectivity index (χ4n) is 1.41. The zero-order valence-electron chi connectivity index (χ0n) is 7.06. The maximum absolute atomic E-state index is 5.97. The molecular formula is C9H10BrClN2. The third-order valence-electron chi connectivity index (χ3n) is 2.25. The summed E-state index contributed by atoms with van der Waals surface area (Å²) >= 11 is 9.36. The second kappa shape index (κ2) is 3.95. The smallest absolute Gasteiger partial charge is 0.132 e. The predicted octanol–water partition coefficient (Wildman–Crippen LogP) is 2.26. The summed E-state index contributed by atoms with van der Waals surface area (Å²) in [6.07, 6.45) is 2.75. The van der Waals surface area contributed by atoms with Gasteiger partial charge in [0.2, 0.25) is 0 Å². The normalized spacial score (nSPS) is 17.1. The maximum atomic E-state index is 5.97. The van der Waals surface area contributed by atoms with Crippen molar-refractivity contribution in [3.05, 3.63) is 27.5 Å². The molecule has 0 radical (unpaired) electrons. The van der Waals surface area contributed by atoms with Gasteiger partial charge in [-0.05, 0) is 53.0 Å². The molecule has 1 N–H and O–H groups in total. The molecule has 4 heteroatoms.